The van der Waals surface area contributed by atoms with Gasteiger partial charge in [-0.25, -0.2) is 4.39 Å². The molecular weight excluding hydrogens is 734 g/mol. The van der Waals surface area contributed by atoms with Gasteiger partial charge in [0.1, 0.15) is 5.82 Å². The molecule has 0 aliphatic carbocycles. The van der Waals surface area contributed by atoms with Crippen molar-refractivity contribution in [3.63, 3.8) is 0 Å². The van der Waals surface area contributed by atoms with Crippen LogP contribution in [0.5, 0.6) is 0 Å². The van der Waals surface area contributed by atoms with Gasteiger partial charge in [0.2, 0.25) is 0 Å². The SMILES string of the molecule is Fc1cc(-c2ccccc2)cc(-c2ccccc2)c1N(c1ccccc1)c1ccc(-c2ccc(C=C[Si](c3ccccc3)(c3ccccc3)c3ccccc3)cc2)cc1. The number of hydrogen-bond donors (Lipinski definition) is 0. The van der Waals surface area contributed by atoms with Gasteiger partial charge in [-0.2, -0.15) is 0 Å². The first kappa shape index (κ1) is 37.3. The number of benzene rings is 9. The topological polar surface area (TPSA) is 3.24 Å². The Kier molecular flexibility index (Phi) is 10.8. The second kappa shape index (κ2) is 17.0. The lowest BCUT2D eigenvalue weighted by molar-refractivity contribution is 0.630. The van der Waals surface area contributed by atoms with E-state index in [1.54, 1.807) is 6.07 Å². The lowest BCUT2D eigenvalue weighted by Crippen LogP contribution is -2.66. The minimum absolute atomic E-state index is 0.291. The highest BCUT2D eigenvalue weighted by molar-refractivity contribution is 7.15. The van der Waals surface area contributed by atoms with Crippen molar-refractivity contribution in [2.24, 2.45) is 0 Å². The highest BCUT2D eigenvalue weighted by Gasteiger charge is 2.36. The second-order valence-corrected chi connectivity index (χ2v) is 18.3. The van der Waals surface area contributed by atoms with E-state index in [9.17, 15) is 0 Å². The van der Waals surface area contributed by atoms with Gasteiger partial charge in [-0.1, -0.05) is 218 Å². The van der Waals surface area contributed by atoms with Gasteiger partial charge < -0.3 is 4.90 Å². The Labute approximate surface area is 347 Å². The van der Waals surface area contributed by atoms with Gasteiger partial charge in [0.15, 0.2) is 8.07 Å². The standard InChI is InChI=1S/C56H42FNSi/c57-55-42-48(44-19-7-1-8-20-44)41-54(47-21-9-2-10-22-47)56(55)58(49-23-11-3-12-24-49)50-37-35-46(36-38-50)45-33-31-43(32-34-45)39-40-59(51-25-13-4-14-26-51,52-27-15-5-16-28-52)53-29-17-6-18-30-53/h1-42H. The van der Waals surface area contributed by atoms with Gasteiger partial charge in [-0.15, -0.1) is 0 Å². The highest BCUT2D eigenvalue weighted by Crippen LogP contribution is 2.44. The fourth-order valence-electron chi connectivity index (χ4n) is 8.15. The van der Waals surface area contributed by atoms with E-state index in [0.29, 0.717) is 5.69 Å². The molecule has 0 heterocycles. The van der Waals surface area contributed by atoms with E-state index in [4.69, 9.17) is 0 Å². The lowest BCUT2D eigenvalue weighted by atomic mass is 9.95. The largest absolute Gasteiger partial charge is 0.307 e. The summed E-state index contributed by atoms with van der Waals surface area (Å²) in [7, 11) is -2.52. The third kappa shape index (κ3) is 7.72. The normalized spacial score (nSPS) is 11.4. The molecule has 0 saturated heterocycles. The van der Waals surface area contributed by atoms with Crippen molar-refractivity contribution in [3.05, 3.63) is 260 Å². The molecule has 59 heavy (non-hydrogen) atoms. The van der Waals surface area contributed by atoms with Crippen molar-refractivity contribution in [1.82, 2.24) is 0 Å². The maximum atomic E-state index is 16.9. The van der Waals surface area contributed by atoms with Crippen LogP contribution in [0.4, 0.5) is 21.5 Å². The zero-order valence-corrected chi connectivity index (χ0v) is 33.6. The third-order valence-electron chi connectivity index (χ3n) is 11.1. The number of halogens is 1. The molecule has 0 aromatic heterocycles. The number of rotatable bonds is 11. The predicted octanol–water partition coefficient (Wildman–Crippen LogP) is 13.0. The Morgan fingerprint density at radius 3 is 1.24 bits per heavy atom. The summed E-state index contributed by atoms with van der Waals surface area (Å²) in [6, 6.07) is 84.0. The first-order valence-electron chi connectivity index (χ1n) is 20.0. The van der Waals surface area contributed by atoms with Crippen molar-refractivity contribution in [1.29, 1.82) is 0 Å². The van der Waals surface area contributed by atoms with Crippen LogP contribution >= 0.6 is 0 Å². The summed E-state index contributed by atoms with van der Waals surface area (Å²) in [6.07, 6.45) is 2.30. The van der Waals surface area contributed by atoms with E-state index >= 15 is 4.39 Å². The quantitative estimate of drug-likeness (QED) is 0.0934. The van der Waals surface area contributed by atoms with Crippen LogP contribution in [-0.2, 0) is 0 Å². The molecule has 0 atom stereocenters. The third-order valence-corrected chi connectivity index (χ3v) is 15.5. The van der Waals surface area contributed by atoms with Crippen molar-refractivity contribution in [3.8, 4) is 33.4 Å². The molecule has 0 bridgehead atoms. The Balaban J connectivity index is 1.07. The number of para-hydroxylation sites is 1. The Morgan fingerprint density at radius 1 is 0.356 bits per heavy atom. The maximum Gasteiger partial charge on any atom is 0.172 e. The fraction of sp³-hybridized carbons (Fsp3) is 0. The van der Waals surface area contributed by atoms with Crippen molar-refractivity contribution in [2.45, 2.75) is 0 Å². The van der Waals surface area contributed by atoms with Crippen LogP contribution in [0.3, 0.4) is 0 Å². The summed E-state index contributed by atoms with van der Waals surface area (Å²) in [6.45, 7) is 0. The van der Waals surface area contributed by atoms with E-state index in [-0.39, 0.29) is 5.82 Å². The molecule has 0 spiro atoms. The summed E-state index contributed by atoms with van der Waals surface area (Å²) in [5.41, 5.74) is 11.6. The highest BCUT2D eigenvalue weighted by atomic mass is 28.3. The van der Waals surface area contributed by atoms with Crippen LogP contribution in [0.2, 0.25) is 0 Å². The van der Waals surface area contributed by atoms with Crippen LogP contribution < -0.4 is 20.5 Å². The first-order valence-corrected chi connectivity index (χ1v) is 22.1. The molecule has 0 fully saturated rings. The van der Waals surface area contributed by atoms with E-state index in [0.717, 1.165) is 50.3 Å². The van der Waals surface area contributed by atoms with Gasteiger partial charge in [0.25, 0.3) is 0 Å². The van der Waals surface area contributed by atoms with Gasteiger partial charge in [0, 0.05) is 16.9 Å². The van der Waals surface area contributed by atoms with E-state index in [1.165, 1.54) is 15.6 Å². The minimum atomic E-state index is -2.52. The van der Waals surface area contributed by atoms with E-state index in [1.807, 2.05) is 95.9 Å². The molecule has 0 unspecified atom stereocenters. The Hall–Kier alpha value is -7.33. The smallest absolute Gasteiger partial charge is 0.172 e. The van der Waals surface area contributed by atoms with Crippen molar-refractivity contribution >= 4 is 46.8 Å². The number of nitrogens with zero attached hydrogens (tertiary/aromatic N) is 1. The predicted molar refractivity (Wildman–Crippen MR) is 250 cm³/mol. The molecule has 0 N–H and O–H groups in total. The molecule has 9 aromatic rings. The lowest BCUT2D eigenvalue weighted by Gasteiger charge is -2.30. The average Bonchev–Trinajstić information content (AvgIpc) is 3.32. The molecule has 9 aromatic carbocycles. The van der Waals surface area contributed by atoms with Gasteiger partial charge in [-0.3, -0.25) is 0 Å². The van der Waals surface area contributed by atoms with Crippen LogP contribution in [0, 0.1) is 5.82 Å². The molecule has 0 saturated carbocycles. The molecular formula is C56H42FNSi. The summed E-state index contributed by atoms with van der Waals surface area (Å²) in [5.74, 6) is -0.291. The summed E-state index contributed by atoms with van der Waals surface area (Å²) < 4.78 is 16.9. The number of hydrogen-bond acceptors (Lipinski definition) is 1. The zero-order chi connectivity index (χ0) is 39.9. The van der Waals surface area contributed by atoms with Gasteiger partial charge in [0.05, 0.1) is 5.69 Å². The molecule has 9 rings (SSSR count). The van der Waals surface area contributed by atoms with Gasteiger partial charge in [-0.05, 0) is 85.3 Å². The molecule has 1 nitrogen and oxygen atoms in total. The molecule has 3 heteroatoms. The van der Waals surface area contributed by atoms with Crippen LogP contribution in [-0.4, -0.2) is 8.07 Å². The second-order valence-electron chi connectivity index (χ2n) is 14.7. The maximum absolute atomic E-state index is 16.9. The fourth-order valence-corrected chi connectivity index (χ4v) is 12.3. The minimum Gasteiger partial charge on any atom is -0.307 e. The number of anilines is 3. The van der Waals surface area contributed by atoms with E-state index in [2.05, 4.69) is 157 Å². The van der Waals surface area contributed by atoms with Crippen molar-refractivity contribution < 1.29 is 4.39 Å². The first-order chi connectivity index (χ1) is 29.2. The Morgan fingerprint density at radius 2 is 0.746 bits per heavy atom. The Bertz CT molecular complexity index is 2680. The average molecular weight is 776 g/mol. The molecule has 0 radical (unpaired) electrons. The monoisotopic (exact) mass is 775 g/mol. The summed E-state index contributed by atoms with van der Waals surface area (Å²) in [4.78, 5) is 2.03. The molecule has 0 aliphatic rings. The van der Waals surface area contributed by atoms with Crippen LogP contribution in [0.1, 0.15) is 5.56 Å². The molecule has 0 amide bonds. The zero-order valence-electron chi connectivity index (χ0n) is 32.6. The molecule has 282 valence electrons. The van der Waals surface area contributed by atoms with E-state index < -0.39 is 8.07 Å². The summed E-state index contributed by atoms with van der Waals surface area (Å²) >= 11 is 0. The summed E-state index contributed by atoms with van der Waals surface area (Å²) in [5, 5.41) is 4.04. The van der Waals surface area contributed by atoms with Crippen LogP contribution in [0.25, 0.3) is 39.5 Å². The van der Waals surface area contributed by atoms with Gasteiger partial charge >= 0.3 is 0 Å². The molecule has 0 aliphatic heterocycles. The van der Waals surface area contributed by atoms with Crippen molar-refractivity contribution in [2.75, 3.05) is 4.90 Å². The van der Waals surface area contributed by atoms with Crippen LogP contribution in [0.15, 0.2) is 248 Å².